The third-order valence-corrected chi connectivity index (χ3v) is 2.92. The van der Waals surface area contributed by atoms with Gasteiger partial charge in [-0.1, -0.05) is 18.2 Å². The number of hydrogen-bond donors (Lipinski definition) is 0. The molecule has 0 aliphatic heterocycles. The molecule has 0 saturated carbocycles. The summed E-state index contributed by atoms with van der Waals surface area (Å²) in [6, 6.07) is 10.5. The van der Waals surface area contributed by atoms with Gasteiger partial charge in [-0.3, -0.25) is 10.1 Å². The van der Waals surface area contributed by atoms with Crippen molar-refractivity contribution in [1.82, 2.24) is 4.57 Å². The van der Waals surface area contributed by atoms with Crippen molar-refractivity contribution < 1.29 is 9.34 Å². The van der Waals surface area contributed by atoms with Gasteiger partial charge in [0.05, 0.1) is 23.2 Å². The number of furan rings is 1. The Balaban J connectivity index is 2.03. The van der Waals surface area contributed by atoms with E-state index in [0.29, 0.717) is 12.1 Å². The number of aromatic nitrogens is 1. The molecule has 5 heteroatoms. The van der Waals surface area contributed by atoms with Crippen LogP contribution in [0.1, 0.15) is 5.56 Å². The summed E-state index contributed by atoms with van der Waals surface area (Å²) in [5.74, 6) is 0. The van der Waals surface area contributed by atoms with E-state index in [-0.39, 0.29) is 10.6 Å². The van der Waals surface area contributed by atoms with Crippen LogP contribution in [0.3, 0.4) is 0 Å². The van der Waals surface area contributed by atoms with Crippen LogP contribution >= 0.6 is 0 Å². The first-order valence-electron chi connectivity index (χ1n) is 5.50. The Morgan fingerprint density at radius 2 is 2.06 bits per heavy atom. The SMILES string of the molecule is O=[N+]([O-])c1ccccc1Cn1ccc2occc21. The second-order valence-electron chi connectivity index (χ2n) is 4.00. The molecule has 3 rings (SSSR count). The normalized spacial score (nSPS) is 10.9. The van der Waals surface area contributed by atoms with Crippen LogP contribution in [0.5, 0.6) is 0 Å². The Bertz CT molecular complexity index is 712. The van der Waals surface area contributed by atoms with E-state index in [0.717, 1.165) is 11.1 Å². The average molecular weight is 242 g/mol. The summed E-state index contributed by atoms with van der Waals surface area (Å²) in [5.41, 5.74) is 2.55. The van der Waals surface area contributed by atoms with Gasteiger partial charge in [0.15, 0.2) is 5.58 Å². The van der Waals surface area contributed by atoms with Crippen molar-refractivity contribution in [2.24, 2.45) is 0 Å². The van der Waals surface area contributed by atoms with Gasteiger partial charge in [-0.05, 0) is 6.07 Å². The fourth-order valence-electron chi connectivity index (χ4n) is 2.06. The molecule has 0 radical (unpaired) electrons. The van der Waals surface area contributed by atoms with Crippen molar-refractivity contribution >= 4 is 16.8 Å². The van der Waals surface area contributed by atoms with Crippen LogP contribution in [-0.4, -0.2) is 9.49 Å². The average Bonchev–Trinajstić information content (AvgIpc) is 2.94. The molecule has 2 aromatic heterocycles. The summed E-state index contributed by atoms with van der Waals surface area (Å²) in [7, 11) is 0. The molecule has 0 unspecified atom stereocenters. The lowest BCUT2D eigenvalue weighted by atomic mass is 10.2. The van der Waals surface area contributed by atoms with Crippen LogP contribution in [0.15, 0.2) is 53.3 Å². The Labute approximate surface area is 102 Å². The molecule has 0 atom stereocenters. The van der Waals surface area contributed by atoms with Crippen LogP contribution in [0.4, 0.5) is 5.69 Å². The first-order valence-corrected chi connectivity index (χ1v) is 5.50. The van der Waals surface area contributed by atoms with Gasteiger partial charge in [0.1, 0.15) is 0 Å². The molecule has 1 aromatic carbocycles. The maximum Gasteiger partial charge on any atom is 0.274 e. The van der Waals surface area contributed by atoms with E-state index in [4.69, 9.17) is 4.42 Å². The van der Waals surface area contributed by atoms with Gasteiger partial charge in [0.25, 0.3) is 5.69 Å². The predicted octanol–water partition coefficient (Wildman–Crippen LogP) is 3.19. The fourth-order valence-corrected chi connectivity index (χ4v) is 2.06. The van der Waals surface area contributed by atoms with Crippen LogP contribution < -0.4 is 0 Å². The van der Waals surface area contributed by atoms with Gasteiger partial charge in [0.2, 0.25) is 0 Å². The highest BCUT2D eigenvalue weighted by Crippen LogP contribution is 2.22. The summed E-state index contributed by atoms with van der Waals surface area (Å²) in [6.45, 7) is 0.459. The molecular weight excluding hydrogens is 232 g/mol. The fraction of sp³-hybridized carbons (Fsp3) is 0.0769. The first kappa shape index (κ1) is 10.6. The Morgan fingerprint density at radius 3 is 2.89 bits per heavy atom. The smallest absolute Gasteiger partial charge is 0.274 e. The summed E-state index contributed by atoms with van der Waals surface area (Å²) in [6.07, 6.45) is 3.48. The Morgan fingerprint density at radius 1 is 1.22 bits per heavy atom. The number of nitro benzene ring substituents is 1. The van der Waals surface area contributed by atoms with Crippen LogP contribution in [0.2, 0.25) is 0 Å². The van der Waals surface area contributed by atoms with Crippen molar-refractivity contribution in [3.63, 3.8) is 0 Å². The van der Waals surface area contributed by atoms with Crippen molar-refractivity contribution in [3.05, 3.63) is 64.5 Å². The summed E-state index contributed by atoms with van der Waals surface area (Å²) < 4.78 is 7.19. The molecule has 0 bridgehead atoms. The molecule has 5 nitrogen and oxygen atoms in total. The van der Waals surface area contributed by atoms with Gasteiger partial charge in [-0.15, -0.1) is 0 Å². The zero-order valence-corrected chi connectivity index (χ0v) is 9.45. The van der Waals surface area contributed by atoms with Gasteiger partial charge < -0.3 is 8.98 Å². The summed E-state index contributed by atoms with van der Waals surface area (Å²) >= 11 is 0. The third kappa shape index (κ3) is 1.66. The highest BCUT2D eigenvalue weighted by molar-refractivity contribution is 5.74. The zero-order valence-electron chi connectivity index (χ0n) is 9.45. The molecule has 0 N–H and O–H groups in total. The Hall–Kier alpha value is -2.56. The minimum Gasteiger partial charge on any atom is -0.463 e. The molecule has 0 amide bonds. The van der Waals surface area contributed by atoms with E-state index in [9.17, 15) is 10.1 Å². The molecule has 18 heavy (non-hydrogen) atoms. The van der Waals surface area contributed by atoms with Gasteiger partial charge in [-0.25, -0.2) is 0 Å². The Kier molecular flexibility index (Phi) is 2.37. The molecule has 0 fully saturated rings. The molecular formula is C13H10N2O3. The maximum atomic E-state index is 10.9. The van der Waals surface area contributed by atoms with Crippen molar-refractivity contribution in [2.45, 2.75) is 6.54 Å². The van der Waals surface area contributed by atoms with E-state index in [1.807, 2.05) is 22.9 Å². The second kappa shape index (κ2) is 4.03. The molecule has 0 spiro atoms. The molecule has 0 saturated heterocycles. The second-order valence-corrected chi connectivity index (χ2v) is 4.00. The van der Waals surface area contributed by atoms with E-state index < -0.39 is 0 Å². The minimum atomic E-state index is -0.356. The molecule has 0 aliphatic rings. The topological polar surface area (TPSA) is 61.2 Å². The van der Waals surface area contributed by atoms with Crippen molar-refractivity contribution in [2.75, 3.05) is 0 Å². The van der Waals surface area contributed by atoms with Crippen LogP contribution in [0.25, 0.3) is 11.1 Å². The van der Waals surface area contributed by atoms with Gasteiger partial charge >= 0.3 is 0 Å². The lowest BCUT2D eigenvalue weighted by Crippen LogP contribution is -2.01. The standard InChI is InChI=1S/C13H10N2O3/c16-15(17)11-4-2-1-3-10(11)9-14-7-5-13-12(14)6-8-18-13/h1-8H,9H2. The van der Waals surface area contributed by atoms with Crippen molar-refractivity contribution in [1.29, 1.82) is 0 Å². The zero-order chi connectivity index (χ0) is 12.5. The lowest BCUT2D eigenvalue weighted by Gasteiger charge is -2.04. The van der Waals surface area contributed by atoms with Crippen molar-refractivity contribution in [3.8, 4) is 0 Å². The van der Waals surface area contributed by atoms with Crippen LogP contribution in [0, 0.1) is 10.1 Å². The molecule has 0 aliphatic carbocycles. The highest BCUT2D eigenvalue weighted by atomic mass is 16.6. The number of hydrogen-bond acceptors (Lipinski definition) is 3. The number of fused-ring (bicyclic) bond motifs is 1. The highest BCUT2D eigenvalue weighted by Gasteiger charge is 2.13. The number of nitrogens with zero attached hydrogens (tertiary/aromatic N) is 2. The van der Waals surface area contributed by atoms with E-state index in [2.05, 4.69) is 0 Å². The quantitative estimate of drug-likeness (QED) is 0.523. The van der Waals surface area contributed by atoms with Gasteiger partial charge in [0, 0.05) is 23.9 Å². The number of benzene rings is 1. The van der Waals surface area contributed by atoms with E-state index in [1.54, 1.807) is 24.5 Å². The van der Waals surface area contributed by atoms with E-state index in [1.165, 1.54) is 6.07 Å². The molecule has 90 valence electrons. The number of para-hydroxylation sites is 1. The largest absolute Gasteiger partial charge is 0.463 e. The minimum absolute atomic E-state index is 0.142. The van der Waals surface area contributed by atoms with E-state index >= 15 is 0 Å². The maximum absolute atomic E-state index is 10.9. The molecule has 2 heterocycles. The molecule has 3 aromatic rings. The third-order valence-electron chi connectivity index (χ3n) is 2.92. The monoisotopic (exact) mass is 242 g/mol. The number of rotatable bonds is 3. The van der Waals surface area contributed by atoms with Gasteiger partial charge in [-0.2, -0.15) is 0 Å². The lowest BCUT2D eigenvalue weighted by molar-refractivity contribution is -0.385. The predicted molar refractivity (Wildman–Crippen MR) is 66.4 cm³/mol. The number of nitro groups is 1. The summed E-state index contributed by atoms with van der Waals surface area (Å²) in [4.78, 5) is 10.6. The van der Waals surface area contributed by atoms with Crippen LogP contribution in [-0.2, 0) is 6.54 Å². The summed E-state index contributed by atoms with van der Waals surface area (Å²) in [5, 5.41) is 10.9. The first-order chi connectivity index (χ1) is 8.75.